The highest BCUT2D eigenvalue weighted by Gasteiger charge is 1.97. The van der Waals surface area contributed by atoms with Crippen molar-refractivity contribution in [3.05, 3.63) is 23.8 Å². The second-order valence-corrected chi connectivity index (χ2v) is 3.68. The lowest BCUT2D eigenvalue weighted by Gasteiger charge is -2.08. The molecule has 100 valence electrons. The van der Waals surface area contributed by atoms with E-state index in [1.54, 1.807) is 13.3 Å². The number of ether oxygens (including phenoxy) is 1. The van der Waals surface area contributed by atoms with Crippen LogP contribution in [0, 0.1) is 6.92 Å². The van der Waals surface area contributed by atoms with Crippen molar-refractivity contribution in [2.75, 3.05) is 20.3 Å². The number of nitrogens with two attached hydrogens (primary N) is 1. The van der Waals surface area contributed by atoms with Crippen molar-refractivity contribution in [1.29, 1.82) is 0 Å². The number of hydrogen-bond donors (Lipinski definition) is 3. The summed E-state index contributed by atoms with van der Waals surface area (Å²) in [4.78, 5) is 12.6. The van der Waals surface area contributed by atoms with Gasteiger partial charge >= 0.3 is 0 Å². The summed E-state index contributed by atoms with van der Waals surface area (Å²) >= 11 is 0. The highest BCUT2D eigenvalue weighted by molar-refractivity contribution is 5.79. The normalized spacial score (nSPS) is 11.4. The van der Waals surface area contributed by atoms with Gasteiger partial charge in [-0.05, 0) is 19.4 Å². The van der Waals surface area contributed by atoms with Crippen molar-refractivity contribution in [1.82, 2.24) is 20.7 Å². The first-order valence-corrected chi connectivity index (χ1v) is 5.78. The molecule has 7 heteroatoms. The molecule has 18 heavy (non-hydrogen) atoms. The van der Waals surface area contributed by atoms with Crippen molar-refractivity contribution in [3.63, 3.8) is 0 Å². The van der Waals surface area contributed by atoms with Gasteiger partial charge in [0, 0.05) is 26.5 Å². The highest BCUT2D eigenvalue weighted by atomic mass is 16.5. The second kappa shape index (κ2) is 8.37. The Morgan fingerprint density at radius 2 is 2.39 bits per heavy atom. The van der Waals surface area contributed by atoms with E-state index < -0.39 is 0 Å². The van der Waals surface area contributed by atoms with Crippen LogP contribution in [-0.4, -0.2) is 36.2 Å². The SMILES string of the molecule is COCCCNC(=NCc1ccnc(C)n1)NN. The van der Waals surface area contributed by atoms with Gasteiger partial charge in [-0.25, -0.2) is 20.8 Å². The van der Waals surface area contributed by atoms with Crippen LogP contribution >= 0.6 is 0 Å². The molecule has 0 atom stereocenters. The molecular weight excluding hydrogens is 232 g/mol. The van der Waals surface area contributed by atoms with E-state index in [0.717, 1.165) is 24.5 Å². The zero-order chi connectivity index (χ0) is 13.2. The molecule has 1 aromatic rings. The van der Waals surface area contributed by atoms with Crippen LogP contribution in [0.15, 0.2) is 17.3 Å². The van der Waals surface area contributed by atoms with Crippen molar-refractivity contribution in [2.24, 2.45) is 10.8 Å². The van der Waals surface area contributed by atoms with E-state index in [-0.39, 0.29) is 0 Å². The van der Waals surface area contributed by atoms with Crippen LogP contribution in [0.4, 0.5) is 0 Å². The van der Waals surface area contributed by atoms with E-state index in [1.807, 2.05) is 13.0 Å². The molecule has 0 saturated carbocycles. The second-order valence-electron chi connectivity index (χ2n) is 3.68. The fraction of sp³-hybridized carbons (Fsp3) is 0.545. The Morgan fingerprint density at radius 1 is 1.56 bits per heavy atom. The van der Waals surface area contributed by atoms with E-state index in [4.69, 9.17) is 10.6 Å². The minimum absolute atomic E-state index is 0.459. The fourth-order valence-electron chi connectivity index (χ4n) is 1.33. The molecule has 0 aliphatic heterocycles. The van der Waals surface area contributed by atoms with Gasteiger partial charge in [0.25, 0.3) is 0 Å². The van der Waals surface area contributed by atoms with Crippen LogP contribution in [0.3, 0.4) is 0 Å². The maximum Gasteiger partial charge on any atom is 0.206 e. The number of nitrogens with zero attached hydrogens (tertiary/aromatic N) is 3. The summed E-state index contributed by atoms with van der Waals surface area (Å²) in [7, 11) is 1.67. The van der Waals surface area contributed by atoms with Crippen molar-refractivity contribution >= 4 is 5.96 Å². The molecule has 4 N–H and O–H groups in total. The standard InChI is InChI=1S/C11H20N6O/c1-9-13-6-4-10(16-9)8-15-11(17-12)14-5-3-7-18-2/h4,6H,3,5,7-8,12H2,1-2H3,(H2,14,15,17). The average Bonchev–Trinajstić information content (AvgIpc) is 2.38. The predicted octanol–water partition coefficient (Wildman–Crippen LogP) is -0.270. The van der Waals surface area contributed by atoms with E-state index in [2.05, 4.69) is 25.7 Å². The van der Waals surface area contributed by atoms with E-state index in [9.17, 15) is 0 Å². The van der Waals surface area contributed by atoms with Gasteiger partial charge in [-0.15, -0.1) is 0 Å². The van der Waals surface area contributed by atoms with Gasteiger partial charge in [-0.1, -0.05) is 0 Å². The smallest absolute Gasteiger partial charge is 0.206 e. The quantitative estimate of drug-likeness (QED) is 0.212. The Labute approximate surface area is 107 Å². The van der Waals surface area contributed by atoms with Crippen LogP contribution in [0.5, 0.6) is 0 Å². The Kier molecular flexibility index (Phi) is 6.67. The van der Waals surface area contributed by atoms with Crippen molar-refractivity contribution < 1.29 is 4.74 Å². The van der Waals surface area contributed by atoms with E-state index in [1.165, 1.54) is 0 Å². The first kappa shape index (κ1) is 14.3. The number of aromatic nitrogens is 2. The molecule has 1 aromatic heterocycles. The third-order valence-electron chi connectivity index (χ3n) is 2.19. The van der Waals surface area contributed by atoms with Gasteiger partial charge in [0.05, 0.1) is 12.2 Å². The van der Waals surface area contributed by atoms with Crippen molar-refractivity contribution in [3.8, 4) is 0 Å². The number of hydrogen-bond acceptors (Lipinski definition) is 5. The molecule has 0 unspecified atom stereocenters. The Bertz CT molecular complexity index is 382. The zero-order valence-corrected chi connectivity index (χ0v) is 10.8. The predicted molar refractivity (Wildman–Crippen MR) is 69.7 cm³/mol. The van der Waals surface area contributed by atoms with Crippen LogP contribution in [0.1, 0.15) is 17.9 Å². The molecule has 0 fully saturated rings. The largest absolute Gasteiger partial charge is 0.385 e. The highest BCUT2D eigenvalue weighted by Crippen LogP contribution is 1.96. The molecule has 0 radical (unpaired) electrons. The Hall–Kier alpha value is -1.73. The van der Waals surface area contributed by atoms with E-state index >= 15 is 0 Å². The molecule has 0 spiro atoms. The molecule has 0 bridgehead atoms. The molecule has 0 amide bonds. The number of aryl methyl sites for hydroxylation is 1. The molecular formula is C11H20N6O. The number of rotatable bonds is 6. The summed E-state index contributed by atoms with van der Waals surface area (Å²) in [6.07, 6.45) is 2.61. The minimum atomic E-state index is 0.459. The minimum Gasteiger partial charge on any atom is -0.385 e. The number of guanidine groups is 1. The first-order chi connectivity index (χ1) is 8.76. The summed E-state index contributed by atoms with van der Waals surface area (Å²) in [6, 6.07) is 1.83. The lowest BCUT2D eigenvalue weighted by atomic mass is 10.4. The molecule has 0 saturated heterocycles. The molecule has 0 aliphatic rings. The van der Waals surface area contributed by atoms with Gasteiger partial charge < -0.3 is 10.1 Å². The zero-order valence-electron chi connectivity index (χ0n) is 10.8. The van der Waals surface area contributed by atoms with Crippen LogP contribution < -0.4 is 16.6 Å². The molecule has 7 nitrogen and oxygen atoms in total. The number of hydrazine groups is 1. The first-order valence-electron chi connectivity index (χ1n) is 5.78. The topological polar surface area (TPSA) is 97.4 Å². The van der Waals surface area contributed by atoms with Crippen LogP contribution in [-0.2, 0) is 11.3 Å². The van der Waals surface area contributed by atoms with Gasteiger partial charge in [-0.2, -0.15) is 0 Å². The molecule has 0 aromatic carbocycles. The van der Waals surface area contributed by atoms with Gasteiger partial charge in [-0.3, -0.25) is 5.43 Å². The maximum atomic E-state index is 5.37. The van der Waals surface area contributed by atoms with Crippen LogP contribution in [0.25, 0.3) is 0 Å². The summed E-state index contributed by atoms with van der Waals surface area (Å²) in [6.45, 7) is 3.76. The lowest BCUT2D eigenvalue weighted by Crippen LogP contribution is -2.42. The molecule has 1 heterocycles. The Morgan fingerprint density at radius 3 is 3.06 bits per heavy atom. The Balaban J connectivity index is 2.42. The third kappa shape index (κ3) is 5.55. The van der Waals surface area contributed by atoms with Gasteiger partial charge in [0.2, 0.25) is 5.96 Å². The number of nitrogens with one attached hydrogen (secondary N) is 2. The third-order valence-corrected chi connectivity index (χ3v) is 2.19. The van der Waals surface area contributed by atoms with E-state index in [0.29, 0.717) is 19.1 Å². The monoisotopic (exact) mass is 252 g/mol. The summed E-state index contributed by atoms with van der Waals surface area (Å²) in [5.41, 5.74) is 3.37. The summed E-state index contributed by atoms with van der Waals surface area (Å²) in [5, 5.41) is 3.08. The number of methoxy groups -OCH3 is 1. The van der Waals surface area contributed by atoms with Crippen molar-refractivity contribution in [2.45, 2.75) is 19.9 Å². The van der Waals surface area contributed by atoms with Gasteiger partial charge in [0.1, 0.15) is 5.82 Å². The van der Waals surface area contributed by atoms with Gasteiger partial charge in [0.15, 0.2) is 0 Å². The van der Waals surface area contributed by atoms with Crippen LogP contribution in [0.2, 0.25) is 0 Å². The molecule has 0 aliphatic carbocycles. The maximum absolute atomic E-state index is 5.37. The summed E-state index contributed by atoms with van der Waals surface area (Å²) in [5.74, 6) is 6.65. The molecule has 1 rings (SSSR count). The lowest BCUT2D eigenvalue weighted by molar-refractivity contribution is 0.195. The average molecular weight is 252 g/mol. The summed E-state index contributed by atoms with van der Waals surface area (Å²) < 4.78 is 4.95. The fourth-order valence-corrected chi connectivity index (χ4v) is 1.33. The number of aliphatic imine (C=N–C) groups is 1.